The zero-order chi connectivity index (χ0) is 16.2. The first-order chi connectivity index (χ1) is 10.3. The fourth-order valence-corrected chi connectivity index (χ4v) is 2.67. The van der Waals surface area contributed by atoms with Gasteiger partial charge in [-0.05, 0) is 25.1 Å². The minimum Gasteiger partial charge on any atom is -0.507 e. The van der Waals surface area contributed by atoms with E-state index in [2.05, 4.69) is 0 Å². The van der Waals surface area contributed by atoms with Crippen molar-refractivity contribution in [3.8, 4) is 11.5 Å². The molecule has 0 bridgehead atoms. The van der Waals surface area contributed by atoms with Crippen molar-refractivity contribution in [2.24, 2.45) is 0 Å². The van der Waals surface area contributed by atoms with Crippen LogP contribution < -0.4 is 4.74 Å². The third-order valence-corrected chi connectivity index (χ3v) is 3.94. The lowest BCUT2D eigenvalue weighted by atomic mass is 9.75. The summed E-state index contributed by atoms with van der Waals surface area (Å²) in [5.74, 6) is -1.20. The summed E-state index contributed by atoms with van der Waals surface area (Å²) in [5, 5.41) is 29.9. The molecule has 2 aliphatic carbocycles. The average molecular weight is 302 g/mol. The summed E-state index contributed by atoms with van der Waals surface area (Å²) in [6, 6.07) is 2.61. The van der Waals surface area contributed by atoms with Gasteiger partial charge >= 0.3 is 0 Å². The second-order valence-electron chi connectivity index (χ2n) is 5.54. The normalized spacial score (nSPS) is 26.8. The Balaban J connectivity index is 2.28. The van der Waals surface area contributed by atoms with Gasteiger partial charge in [0, 0.05) is 22.8 Å². The number of phenolic OH excluding ortho intramolecular Hbond substituents is 1. The summed E-state index contributed by atoms with van der Waals surface area (Å²) in [6.45, 7) is 1.34. The largest absolute Gasteiger partial charge is 0.507 e. The fraction of sp³-hybridized carbons (Fsp3) is 0.250. The van der Waals surface area contributed by atoms with Crippen molar-refractivity contribution in [2.75, 3.05) is 7.11 Å². The zero-order valence-corrected chi connectivity index (χ0v) is 12.0. The second kappa shape index (κ2) is 4.53. The molecule has 114 valence electrons. The molecule has 0 fully saturated rings. The number of hydrogen-bond acceptors (Lipinski definition) is 6. The molecule has 2 aliphatic rings. The van der Waals surface area contributed by atoms with Crippen molar-refractivity contribution >= 4 is 11.6 Å². The maximum absolute atomic E-state index is 12.6. The van der Waals surface area contributed by atoms with Gasteiger partial charge in [-0.1, -0.05) is 0 Å². The highest BCUT2D eigenvalue weighted by molar-refractivity contribution is 6.32. The Hall–Kier alpha value is -2.44. The van der Waals surface area contributed by atoms with E-state index < -0.39 is 23.3 Å². The average Bonchev–Trinajstić information content (AvgIpc) is 2.46. The number of hydrogen-bond donors (Lipinski definition) is 3. The van der Waals surface area contributed by atoms with E-state index in [1.165, 1.54) is 32.2 Å². The number of phenols is 1. The van der Waals surface area contributed by atoms with Crippen LogP contribution in [-0.4, -0.2) is 45.7 Å². The van der Waals surface area contributed by atoms with Gasteiger partial charge in [-0.3, -0.25) is 9.59 Å². The maximum Gasteiger partial charge on any atom is 0.198 e. The number of Topliss-reactive ketones (excluding diaryl/α,β-unsaturated/α-hetero) is 2. The van der Waals surface area contributed by atoms with Crippen molar-refractivity contribution < 1.29 is 29.6 Å². The van der Waals surface area contributed by atoms with Crippen LogP contribution in [0.4, 0.5) is 0 Å². The monoisotopic (exact) mass is 302 g/mol. The SMILES string of the molecule is COc1cc(O)c2c(c1)C(=O)C1=CC(C)(O)C(O)C=C1C2=O. The quantitative estimate of drug-likeness (QED) is 0.707. The molecule has 1 aromatic rings. The Bertz CT molecular complexity index is 769. The predicted molar refractivity (Wildman–Crippen MR) is 76.1 cm³/mol. The summed E-state index contributed by atoms with van der Waals surface area (Å²) >= 11 is 0. The van der Waals surface area contributed by atoms with Crippen LogP contribution in [0, 0.1) is 0 Å². The molecule has 0 amide bonds. The van der Waals surface area contributed by atoms with Crippen molar-refractivity contribution in [1.82, 2.24) is 0 Å². The third-order valence-electron chi connectivity index (χ3n) is 3.94. The Labute approximate surface area is 126 Å². The first-order valence-corrected chi connectivity index (χ1v) is 6.62. The molecule has 0 spiro atoms. The highest BCUT2D eigenvalue weighted by atomic mass is 16.5. The number of aliphatic hydroxyl groups excluding tert-OH is 1. The van der Waals surface area contributed by atoms with Gasteiger partial charge in [-0.2, -0.15) is 0 Å². The molecule has 0 saturated heterocycles. The van der Waals surface area contributed by atoms with Crippen LogP contribution in [0.3, 0.4) is 0 Å². The summed E-state index contributed by atoms with van der Waals surface area (Å²) in [7, 11) is 1.38. The van der Waals surface area contributed by atoms with Crippen LogP contribution in [0.2, 0.25) is 0 Å². The summed E-state index contributed by atoms with van der Waals surface area (Å²) in [5.41, 5.74) is -1.76. The van der Waals surface area contributed by atoms with Crippen LogP contribution in [0.25, 0.3) is 0 Å². The van der Waals surface area contributed by atoms with Gasteiger partial charge in [-0.25, -0.2) is 0 Å². The highest BCUT2D eigenvalue weighted by Gasteiger charge is 2.42. The first-order valence-electron chi connectivity index (χ1n) is 6.62. The molecule has 3 rings (SSSR count). The smallest absolute Gasteiger partial charge is 0.198 e. The van der Waals surface area contributed by atoms with Crippen LogP contribution in [0.5, 0.6) is 11.5 Å². The Morgan fingerprint density at radius 2 is 1.86 bits per heavy atom. The number of carbonyl (C=O) groups excluding carboxylic acids is 2. The van der Waals surface area contributed by atoms with E-state index in [0.29, 0.717) is 0 Å². The van der Waals surface area contributed by atoms with Crippen molar-refractivity contribution in [3.05, 3.63) is 46.6 Å². The third kappa shape index (κ3) is 1.88. The first kappa shape index (κ1) is 14.5. The lowest BCUT2D eigenvalue weighted by molar-refractivity contribution is -0.00215. The Kier molecular flexibility index (Phi) is 2.98. The van der Waals surface area contributed by atoms with Crippen molar-refractivity contribution in [2.45, 2.75) is 18.6 Å². The molecule has 0 heterocycles. The van der Waals surface area contributed by atoms with Crippen LogP contribution in [-0.2, 0) is 0 Å². The number of ether oxygens (including phenoxy) is 1. The van der Waals surface area contributed by atoms with Gasteiger partial charge < -0.3 is 20.1 Å². The number of rotatable bonds is 1. The number of benzene rings is 1. The predicted octanol–water partition coefficient (Wildman–Crippen LogP) is 0.758. The molecule has 0 radical (unpaired) electrons. The molecule has 6 nitrogen and oxygen atoms in total. The second-order valence-corrected chi connectivity index (χ2v) is 5.54. The molecular weight excluding hydrogens is 288 g/mol. The number of allylic oxidation sites excluding steroid dienone is 2. The Morgan fingerprint density at radius 1 is 1.18 bits per heavy atom. The van der Waals surface area contributed by atoms with E-state index in [1.807, 2.05) is 0 Å². The molecule has 0 aromatic heterocycles. The summed E-state index contributed by atoms with van der Waals surface area (Å²) < 4.78 is 4.99. The zero-order valence-electron chi connectivity index (χ0n) is 12.0. The van der Waals surface area contributed by atoms with Crippen LogP contribution >= 0.6 is 0 Å². The van der Waals surface area contributed by atoms with Gasteiger partial charge in [0.05, 0.1) is 12.7 Å². The number of methoxy groups -OCH3 is 1. The van der Waals surface area contributed by atoms with Crippen molar-refractivity contribution in [1.29, 1.82) is 0 Å². The Morgan fingerprint density at radius 3 is 2.50 bits per heavy atom. The van der Waals surface area contributed by atoms with Gasteiger partial charge in [0.2, 0.25) is 0 Å². The number of aliphatic hydroxyl groups is 2. The van der Waals surface area contributed by atoms with Gasteiger partial charge in [0.25, 0.3) is 0 Å². The van der Waals surface area contributed by atoms with E-state index in [-0.39, 0.29) is 33.8 Å². The van der Waals surface area contributed by atoms with E-state index >= 15 is 0 Å². The highest BCUT2D eigenvalue weighted by Crippen LogP contribution is 2.40. The molecule has 1 aromatic carbocycles. The standard InChI is InChI=1S/C16H14O6/c1-16(21)6-10-8(5-12(16)18)15(20)13-9(14(10)19)3-7(22-2)4-11(13)17/h3-6,12,17-18,21H,1-2H3. The molecule has 0 saturated carbocycles. The molecular formula is C16H14O6. The fourth-order valence-electron chi connectivity index (χ4n) is 2.67. The van der Waals surface area contributed by atoms with E-state index in [1.54, 1.807) is 0 Å². The topological polar surface area (TPSA) is 104 Å². The van der Waals surface area contributed by atoms with Crippen LogP contribution in [0.15, 0.2) is 35.4 Å². The number of aromatic hydroxyl groups is 1. The van der Waals surface area contributed by atoms with Crippen molar-refractivity contribution in [3.63, 3.8) is 0 Å². The number of carbonyl (C=O) groups is 2. The van der Waals surface area contributed by atoms with Crippen LogP contribution in [0.1, 0.15) is 27.6 Å². The molecule has 2 unspecified atom stereocenters. The summed E-state index contributed by atoms with van der Waals surface area (Å²) in [4.78, 5) is 25.1. The van der Waals surface area contributed by atoms with Gasteiger partial charge in [0.15, 0.2) is 11.6 Å². The molecule has 0 aliphatic heterocycles. The number of ketones is 2. The molecule has 22 heavy (non-hydrogen) atoms. The lowest BCUT2D eigenvalue weighted by Crippen LogP contribution is -2.41. The van der Waals surface area contributed by atoms with E-state index in [9.17, 15) is 24.9 Å². The van der Waals surface area contributed by atoms with E-state index in [0.717, 1.165) is 6.08 Å². The lowest BCUT2D eigenvalue weighted by Gasteiger charge is -2.32. The van der Waals surface area contributed by atoms with E-state index in [4.69, 9.17) is 4.74 Å². The van der Waals surface area contributed by atoms with Gasteiger partial charge in [0.1, 0.15) is 23.2 Å². The minimum atomic E-state index is -1.65. The minimum absolute atomic E-state index is 0.0115. The maximum atomic E-state index is 12.6. The molecule has 2 atom stereocenters. The molecule has 6 heteroatoms. The molecule has 3 N–H and O–H groups in total. The van der Waals surface area contributed by atoms with Gasteiger partial charge in [-0.15, -0.1) is 0 Å². The number of fused-ring (bicyclic) bond motifs is 2. The summed E-state index contributed by atoms with van der Waals surface area (Å²) in [6.07, 6.45) is 0.999.